The minimum Gasteiger partial charge on any atom is -0.497 e. The van der Waals surface area contributed by atoms with Crippen molar-refractivity contribution in [1.29, 1.82) is 0 Å². The third kappa shape index (κ3) is 4.47. The Hall–Kier alpha value is -3.15. The third-order valence-corrected chi connectivity index (χ3v) is 3.85. The van der Waals surface area contributed by atoms with E-state index in [1.165, 1.54) is 6.08 Å². The molecule has 0 aliphatic heterocycles. The average Bonchev–Trinajstić information content (AvgIpc) is 2.66. The maximum absolute atomic E-state index is 12.4. The van der Waals surface area contributed by atoms with E-state index < -0.39 is 0 Å². The Bertz CT molecular complexity index is 814. The molecule has 2 aromatic carbocycles. The molecule has 138 valence electrons. The molecule has 0 heterocycles. The number of amides is 1. The molecule has 0 saturated heterocycles. The molecular weight excluding hydrogens is 334 g/mol. The molecule has 0 radical (unpaired) electrons. The summed E-state index contributed by atoms with van der Waals surface area (Å²) >= 11 is 0. The Labute approximate surface area is 153 Å². The van der Waals surface area contributed by atoms with Crippen LogP contribution in [0, 0.1) is 0 Å². The summed E-state index contributed by atoms with van der Waals surface area (Å²) in [6.07, 6.45) is 1.50. The summed E-state index contributed by atoms with van der Waals surface area (Å²) in [6, 6.07) is 10.6. The molecule has 0 atom stereocenters. The van der Waals surface area contributed by atoms with Gasteiger partial charge < -0.3 is 24.3 Å². The number of carbonyl (C=O) groups is 1. The van der Waals surface area contributed by atoms with Gasteiger partial charge in [-0.3, -0.25) is 4.79 Å². The van der Waals surface area contributed by atoms with Gasteiger partial charge in [-0.1, -0.05) is 0 Å². The number of allylic oxidation sites excluding steroid dienone is 1. The number of hydrogen-bond donors (Lipinski definition) is 1. The van der Waals surface area contributed by atoms with Crippen LogP contribution in [0.15, 0.2) is 42.5 Å². The standard InChI is InChI=1S/C20H23NO5/c1-13(16-8-6-15(24-3)12-19(16)26-5)10-20(22)21-17-11-14(23-2)7-9-18(17)25-4/h6-12H,1-5H3,(H,21,22)/b13-10+. The smallest absolute Gasteiger partial charge is 0.248 e. The molecule has 6 heteroatoms. The normalized spacial score (nSPS) is 10.9. The Balaban J connectivity index is 2.26. The molecule has 0 aliphatic carbocycles. The summed E-state index contributed by atoms with van der Waals surface area (Å²) in [7, 11) is 6.27. The number of hydrogen-bond acceptors (Lipinski definition) is 5. The predicted octanol–water partition coefficient (Wildman–Crippen LogP) is 3.76. The molecule has 0 aromatic heterocycles. The summed E-state index contributed by atoms with van der Waals surface area (Å²) in [6.45, 7) is 1.84. The fourth-order valence-corrected chi connectivity index (χ4v) is 2.48. The lowest BCUT2D eigenvalue weighted by molar-refractivity contribution is -0.111. The Morgan fingerprint density at radius 2 is 1.46 bits per heavy atom. The number of benzene rings is 2. The number of carbonyl (C=O) groups excluding carboxylic acids is 1. The van der Waals surface area contributed by atoms with Crippen molar-refractivity contribution in [3.63, 3.8) is 0 Å². The predicted molar refractivity (Wildman–Crippen MR) is 101 cm³/mol. The molecule has 0 saturated carbocycles. The number of rotatable bonds is 7. The zero-order valence-electron chi connectivity index (χ0n) is 15.6. The largest absolute Gasteiger partial charge is 0.497 e. The monoisotopic (exact) mass is 357 g/mol. The van der Waals surface area contributed by atoms with E-state index in [-0.39, 0.29) is 5.91 Å². The highest BCUT2D eigenvalue weighted by molar-refractivity contribution is 6.05. The molecule has 1 N–H and O–H groups in total. The van der Waals surface area contributed by atoms with Crippen LogP contribution in [0.3, 0.4) is 0 Å². The van der Waals surface area contributed by atoms with Crippen LogP contribution >= 0.6 is 0 Å². The van der Waals surface area contributed by atoms with Crippen LogP contribution < -0.4 is 24.3 Å². The van der Waals surface area contributed by atoms with E-state index in [2.05, 4.69) is 5.32 Å². The van der Waals surface area contributed by atoms with Crippen molar-refractivity contribution in [1.82, 2.24) is 0 Å². The quantitative estimate of drug-likeness (QED) is 0.764. The van der Waals surface area contributed by atoms with Crippen molar-refractivity contribution in [3.8, 4) is 23.0 Å². The molecule has 0 unspecified atom stereocenters. The SMILES string of the molecule is COc1ccc(OC)c(NC(=O)/C=C(\C)c2ccc(OC)cc2OC)c1. The van der Waals surface area contributed by atoms with Gasteiger partial charge in [0.05, 0.1) is 34.1 Å². The molecule has 0 spiro atoms. The van der Waals surface area contributed by atoms with Crippen molar-refractivity contribution < 1.29 is 23.7 Å². The Morgan fingerprint density at radius 3 is 2.08 bits per heavy atom. The van der Waals surface area contributed by atoms with E-state index in [4.69, 9.17) is 18.9 Å². The molecule has 6 nitrogen and oxygen atoms in total. The number of anilines is 1. The molecule has 0 fully saturated rings. The van der Waals surface area contributed by atoms with Gasteiger partial charge in [0.2, 0.25) is 5.91 Å². The van der Waals surface area contributed by atoms with Gasteiger partial charge >= 0.3 is 0 Å². The maximum atomic E-state index is 12.4. The first-order valence-corrected chi connectivity index (χ1v) is 7.96. The van der Waals surface area contributed by atoms with Gasteiger partial charge in [0.25, 0.3) is 0 Å². The lowest BCUT2D eigenvalue weighted by atomic mass is 10.1. The van der Waals surface area contributed by atoms with E-state index in [0.717, 1.165) is 11.1 Å². The summed E-state index contributed by atoms with van der Waals surface area (Å²) in [5.41, 5.74) is 2.09. The minimum absolute atomic E-state index is 0.285. The average molecular weight is 357 g/mol. The Morgan fingerprint density at radius 1 is 0.846 bits per heavy atom. The maximum Gasteiger partial charge on any atom is 0.248 e. The Kier molecular flexibility index (Phi) is 6.49. The molecule has 2 rings (SSSR count). The first-order valence-electron chi connectivity index (χ1n) is 7.96. The van der Waals surface area contributed by atoms with Crippen LogP contribution in [0.1, 0.15) is 12.5 Å². The van der Waals surface area contributed by atoms with Crippen molar-refractivity contribution in [2.45, 2.75) is 6.92 Å². The molecule has 0 aliphatic rings. The molecule has 26 heavy (non-hydrogen) atoms. The van der Waals surface area contributed by atoms with Crippen molar-refractivity contribution in [2.24, 2.45) is 0 Å². The second-order valence-electron chi connectivity index (χ2n) is 5.45. The zero-order valence-corrected chi connectivity index (χ0v) is 15.6. The van der Waals surface area contributed by atoms with Crippen LogP contribution in [0.2, 0.25) is 0 Å². The number of methoxy groups -OCH3 is 4. The van der Waals surface area contributed by atoms with Crippen LogP contribution in [0.4, 0.5) is 5.69 Å². The molecule has 1 amide bonds. The van der Waals surface area contributed by atoms with Crippen LogP contribution in [0.25, 0.3) is 5.57 Å². The second-order valence-corrected chi connectivity index (χ2v) is 5.45. The summed E-state index contributed by atoms with van der Waals surface area (Å²) in [5.74, 6) is 2.20. The van der Waals surface area contributed by atoms with Gasteiger partial charge in [0, 0.05) is 23.8 Å². The molecular formula is C20H23NO5. The highest BCUT2D eigenvalue weighted by Gasteiger charge is 2.11. The molecule has 2 aromatic rings. The van der Waals surface area contributed by atoms with Crippen LogP contribution in [-0.2, 0) is 4.79 Å². The highest BCUT2D eigenvalue weighted by atomic mass is 16.5. The van der Waals surface area contributed by atoms with E-state index in [9.17, 15) is 4.79 Å². The summed E-state index contributed by atoms with van der Waals surface area (Å²) < 4.78 is 21.0. The van der Waals surface area contributed by atoms with E-state index >= 15 is 0 Å². The lowest BCUT2D eigenvalue weighted by Gasteiger charge is -2.12. The number of nitrogens with one attached hydrogen (secondary N) is 1. The summed E-state index contributed by atoms with van der Waals surface area (Å²) in [4.78, 5) is 12.4. The third-order valence-electron chi connectivity index (χ3n) is 3.85. The van der Waals surface area contributed by atoms with E-state index in [0.29, 0.717) is 28.7 Å². The number of ether oxygens (including phenoxy) is 4. The van der Waals surface area contributed by atoms with Gasteiger partial charge in [-0.25, -0.2) is 0 Å². The summed E-state index contributed by atoms with van der Waals surface area (Å²) in [5, 5.41) is 2.81. The second kappa shape index (κ2) is 8.80. The zero-order chi connectivity index (χ0) is 19.1. The van der Waals surface area contributed by atoms with E-state index in [1.807, 2.05) is 19.1 Å². The van der Waals surface area contributed by atoms with Crippen LogP contribution in [0.5, 0.6) is 23.0 Å². The highest BCUT2D eigenvalue weighted by Crippen LogP contribution is 2.31. The van der Waals surface area contributed by atoms with E-state index in [1.54, 1.807) is 52.7 Å². The fraction of sp³-hybridized carbons (Fsp3) is 0.250. The van der Waals surface area contributed by atoms with Crippen molar-refractivity contribution in [3.05, 3.63) is 48.0 Å². The fourth-order valence-electron chi connectivity index (χ4n) is 2.48. The van der Waals surface area contributed by atoms with Crippen molar-refractivity contribution >= 4 is 17.2 Å². The first kappa shape index (κ1) is 19.2. The van der Waals surface area contributed by atoms with Gasteiger partial charge in [-0.2, -0.15) is 0 Å². The van der Waals surface area contributed by atoms with Gasteiger partial charge in [-0.15, -0.1) is 0 Å². The lowest BCUT2D eigenvalue weighted by Crippen LogP contribution is -2.10. The van der Waals surface area contributed by atoms with Gasteiger partial charge in [-0.05, 0) is 36.8 Å². The topological polar surface area (TPSA) is 66.0 Å². The van der Waals surface area contributed by atoms with Crippen molar-refractivity contribution in [2.75, 3.05) is 33.8 Å². The van der Waals surface area contributed by atoms with Gasteiger partial charge in [0.1, 0.15) is 23.0 Å². The first-order chi connectivity index (χ1) is 12.5. The minimum atomic E-state index is -0.285. The van der Waals surface area contributed by atoms with Gasteiger partial charge in [0.15, 0.2) is 0 Å². The molecule has 0 bridgehead atoms. The van der Waals surface area contributed by atoms with Crippen LogP contribution in [-0.4, -0.2) is 34.3 Å².